The summed E-state index contributed by atoms with van der Waals surface area (Å²) < 4.78 is 47.2. The Morgan fingerprint density at radius 3 is 2.70 bits per heavy atom. The molecule has 2 aromatic heterocycles. The van der Waals surface area contributed by atoms with E-state index in [0.717, 1.165) is 25.9 Å². The van der Waals surface area contributed by atoms with Gasteiger partial charge in [-0.1, -0.05) is 0 Å². The summed E-state index contributed by atoms with van der Waals surface area (Å²) >= 11 is 0. The number of aromatic nitrogens is 4. The molecule has 37 heavy (non-hydrogen) atoms. The second-order valence-electron chi connectivity index (χ2n) is 8.76. The number of benzene rings is 2. The normalized spacial score (nSPS) is 17.2. The number of nitrogens with two attached hydrogens (primary N) is 1. The number of ether oxygens (including phenoxy) is 3. The van der Waals surface area contributed by atoms with E-state index in [1.807, 2.05) is 4.68 Å². The topological polar surface area (TPSA) is 156 Å². The zero-order valence-electron chi connectivity index (χ0n) is 20.0. The van der Waals surface area contributed by atoms with Crippen molar-refractivity contribution in [3.63, 3.8) is 0 Å². The largest absolute Gasteiger partial charge is 0.497 e. The summed E-state index contributed by atoms with van der Waals surface area (Å²) in [6.07, 6.45) is 3.41. The van der Waals surface area contributed by atoms with E-state index in [0.29, 0.717) is 39.6 Å². The third-order valence-electron chi connectivity index (χ3n) is 6.52. The summed E-state index contributed by atoms with van der Waals surface area (Å²) in [5.74, 6) is 1.49. The van der Waals surface area contributed by atoms with Crippen LogP contribution in [0.4, 0.5) is 11.5 Å². The molecule has 4 aromatic rings. The first-order valence-corrected chi connectivity index (χ1v) is 13.2. The highest BCUT2D eigenvalue weighted by Gasteiger charge is 2.30. The van der Waals surface area contributed by atoms with Crippen LogP contribution < -0.4 is 30.0 Å². The predicted molar refractivity (Wildman–Crippen MR) is 136 cm³/mol. The number of hydrogen-bond donors (Lipinski definition) is 3. The van der Waals surface area contributed by atoms with Gasteiger partial charge in [-0.3, -0.25) is 4.72 Å². The fourth-order valence-corrected chi connectivity index (χ4v) is 5.77. The SMILES string of the molecule is COc1ccc(S(=O)(=O)Nc2ccc(-c3nn([C@@H]4CCCNC4)c4ncnc(N)c34)c3c2OCO3)cc1. The Balaban J connectivity index is 1.42. The fraction of sp³-hybridized carbons (Fsp3) is 0.292. The molecule has 4 N–H and O–H groups in total. The predicted octanol–water partition coefficient (Wildman–Crippen LogP) is 2.54. The molecule has 6 rings (SSSR count). The van der Waals surface area contributed by atoms with Crippen LogP contribution in [0, 0.1) is 0 Å². The molecule has 0 bridgehead atoms. The van der Waals surface area contributed by atoms with Crippen LogP contribution in [-0.2, 0) is 10.0 Å². The molecule has 13 heteroatoms. The van der Waals surface area contributed by atoms with Crippen molar-refractivity contribution in [1.29, 1.82) is 0 Å². The Labute approximate surface area is 212 Å². The first-order valence-electron chi connectivity index (χ1n) is 11.8. The molecule has 1 saturated heterocycles. The zero-order chi connectivity index (χ0) is 25.6. The molecule has 1 atom stereocenters. The van der Waals surface area contributed by atoms with Crippen molar-refractivity contribution in [3.05, 3.63) is 42.7 Å². The smallest absolute Gasteiger partial charge is 0.262 e. The quantitative estimate of drug-likeness (QED) is 0.343. The summed E-state index contributed by atoms with van der Waals surface area (Å²) in [5, 5.41) is 8.91. The van der Waals surface area contributed by atoms with Gasteiger partial charge in [0.1, 0.15) is 23.6 Å². The molecule has 4 heterocycles. The minimum atomic E-state index is -3.90. The Morgan fingerprint density at radius 2 is 1.95 bits per heavy atom. The van der Waals surface area contributed by atoms with E-state index in [9.17, 15) is 8.42 Å². The van der Waals surface area contributed by atoms with Gasteiger partial charge in [-0.25, -0.2) is 23.1 Å². The standard InChI is InChI=1S/C24H25N7O5S/c1-34-15-4-6-16(7-5-15)37(32,33)30-18-9-8-17(21-22(18)36-13-35-21)20-19-23(25)27-12-28-24(19)31(29-20)14-3-2-10-26-11-14/h4-9,12,14,26,30H,2-3,10-11,13H2,1H3,(H2,25,27,28)/t14-/m1/s1. The minimum absolute atomic E-state index is 0.0687. The van der Waals surface area contributed by atoms with Gasteiger partial charge in [-0.15, -0.1) is 0 Å². The first-order chi connectivity index (χ1) is 18.0. The average molecular weight is 524 g/mol. The third kappa shape index (κ3) is 4.05. The number of fused-ring (bicyclic) bond motifs is 2. The maximum atomic E-state index is 13.1. The highest BCUT2D eigenvalue weighted by Crippen LogP contribution is 2.48. The van der Waals surface area contributed by atoms with E-state index in [2.05, 4.69) is 20.0 Å². The summed E-state index contributed by atoms with van der Waals surface area (Å²) in [5.41, 5.74) is 8.32. The van der Waals surface area contributed by atoms with Gasteiger partial charge in [-0.2, -0.15) is 5.10 Å². The molecule has 2 aromatic carbocycles. The molecule has 0 aliphatic carbocycles. The Hall–Kier alpha value is -4.10. The summed E-state index contributed by atoms with van der Waals surface area (Å²) in [6, 6.07) is 9.56. The van der Waals surface area contributed by atoms with Crippen LogP contribution in [0.2, 0.25) is 0 Å². The number of piperidine rings is 1. The van der Waals surface area contributed by atoms with Gasteiger partial charge in [-0.05, 0) is 55.8 Å². The van der Waals surface area contributed by atoms with Gasteiger partial charge in [0.05, 0.1) is 29.1 Å². The van der Waals surface area contributed by atoms with E-state index >= 15 is 0 Å². The molecule has 0 unspecified atom stereocenters. The molecule has 1 fully saturated rings. The molecular weight excluding hydrogens is 498 g/mol. The fourth-order valence-electron chi connectivity index (χ4n) is 4.70. The van der Waals surface area contributed by atoms with Gasteiger partial charge in [0.25, 0.3) is 10.0 Å². The molecule has 192 valence electrons. The van der Waals surface area contributed by atoms with E-state index in [1.54, 1.807) is 24.3 Å². The highest BCUT2D eigenvalue weighted by molar-refractivity contribution is 7.92. The minimum Gasteiger partial charge on any atom is -0.497 e. The third-order valence-corrected chi connectivity index (χ3v) is 7.90. The lowest BCUT2D eigenvalue weighted by Crippen LogP contribution is -2.32. The van der Waals surface area contributed by atoms with Crippen molar-refractivity contribution < 1.29 is 22.6 Å². The van der Waals surface area contributed by atoms with Crippen molar-refractivity contribution in [3.8, 4) is 28.5 Å². The van der Waals surface area contributed by atoms with E-state index in [1.165, 1.54) is 25.6 Å². The second kappa shape index (κ2) is 9.09. The van der Waals surface area contributed by atoms with E-state index < -0.39 is 10.0 Å². The Kier molecular flexibility index (Phi) is 5.72. The monoisotopic (exact) mass is 523 g/mol. The van der Waals surface area contributed by atoms with Gasteiger partial charge in [0, 0.05) is 12.1 Å². The van der Waals surface area contributed by atoms with Crippen LogP contribution >= 0.6 is 0 Å². The number of sulfonamides is 1. The highest BCUT2D eigenvalue weighted by atomic mass is 32.2. The maximum absolute atomic E-state index is 13.1. The van der Waals surface area contributed by atoms with Gasteiger partial charge < -0.3 is 25.3 Å². The zero-order valence-corrected chi connectivity index (χ0v) is 20.8. The number of hydrogen-bond acceptors (Lipinski definition) is 10. The molecule has 2 aliphatic heterocycles. The van der Waals surface area contributed by atoms with Gasteiger partial charge >= 0.3 is 0 Å². The Bertz CT molecular complexity index is 1580. The van der Waals surface area contributed by atoms with Crippen LogP contribution in [0.25, 0.3) is 22.3 Å². The van der Waals surface area contributed by atoms with Crippen molar-refractivity contribution in [2.75, 3.05) is 37.4 Å². The Morgan fingerprint density at radius 1 is 1.14 bits per heavy atom. The molecule has 0 saturated carbocycles. The molecule has 0 spiro atoms. The number of rotatable bonds is 6. The summed E-state index contributed by atoms with van der Waals surface area (Å²) in [6.45, 7) is 1.66. The number of methoxy groups -OCH3 is 1. The molecule has 12 nitrogen and oxygen atoms in total. The van der Waals surface area contributed by atoms with Crippen molar-refractivity contribution in [2.24, 2.45) is 0 Å². The van der Waals surface area contributed by atoms with Crippen LogP contribution in [0.1, 0.15) is 18.9 Å². The van der Waals surface area contributed by atoms with Gasteiger partial charge in [0.15, 0.2) is 17.1 Å². The van der Waals surface area contributed by atoms with Crippen molar-refractivity contribution in [1.82, 2.24) is 25.1 Å². The van der Waals surface area contributed by atoms with Crippen LogP contribution in [0.5, 0.6) is 17.2 Å². The lowest BCUT2D eigenvalue weighted by Gasteiger charge is -2.23. The molecular formula is C24H25N7O5S. The first kappa shape index (κ1) is 23.3. The summed E-state index contributed by atoms with van der Waals surface area (Å²) in [4.78, 5) is 8.74. The average Bonchev–Trinajstić information content (AvgIpc) is 3.56. The lowest BCUT2D eigenvalue weighted by atomic mass is 10.1. The number of anilines is 2. The number of nitrogen functional groups attached to an aromatic ring is 1. The summed E-state index contributed by atoms with van der Waals surface area (Å²) in [7, 11) is -2.38. The van der Waals surface area contributed by atoms with Crippen LogP contribution in [0.15, 0.2) is 47.6 Å². The van der Waals surface area contributed by atoms with Crippen molar-refractivity contribution in [2.45, 2.75) is 23.8 Å². The second-order valence-corrected chi connectivity index (χ2v) is 10.4. The number of nitrogens with zero attached hydrogens (tertiary/aromatic N) is 4. The number of nitrogens with one attached hydrogen (secondary N) is 2. The van der Waals surface area contributed by atoms with Crippen molar-refractivity contribution >= 4 is 32.6 Å². The van der Waals surface area contributed by atoms with E-state index in [-0.39, 0.29) is 29.2 Å². The maximum Gasteiger partial charge on any atom is 0.262 e. The molecule has 2 aliphatic rings. The van der Waals surface area contributed by atoms with Crippen LogP contribution in [0.3, 0.4) is 0 Å². The van der Waals surface area contributed by atoms with Crippen LogP contribution in [-0.4, -0.2) is 55.2 Å². The van der Waals surface area contributed by atoms with E-state index in [4.69, 9.17) is 25.0 Å². The molecule has 0 amide bonds. The van der Waals surface area contributed by atoms with Gasteiger partial charge in [0.2, 0.25) is 6.79 Å². The lowest BCUT2D eigenvalue weighted by molar-refractivity contribution is 0.174. The molecule has 0 radical (unpaired) electrons.